The molecule has 1 aromatic carbocycles. The molecule has 1 unspecified atom stereocenters. The number of rotatable bonds is 6. The number of methoxy groups -OCH3 is 1. The van der Waals surface area contributed by atoms with E-state index in [-0.39, 0.29) is 0 Å². The van der Waals surface area contributed by atoms with E-state index >= 15 is 0 Å². The van der Waals surface area contributed by atoms with Gasteiger partial charge in [0.15, 0.2) is 0 Å². The van der Waals surface area contributed by atoms with E-state index in [1.54, 1.807) is 6.26 Å². The Labute approximate surface area is 156 Å². The first-order valence-electron chi connectivity index (χ1n) is 9.77. The average Bonchev–Trinajstić information content (AvgIpc) is 3.28. The maximum absolute atomic E-state index is 5.60. The minimum atomic E-state index is 0.399. The van der Waals surface area contributed by atoms with Gasteiger partial charge in [0.25, 0.3) is 0 Å². The van der Waals surface area contributed by atoms with Crippen molar-refractivity contribution in [3.8, 4) is 0 Å². The van der Waals surface area contributed by atoms with Crippen molar-refractivity contribution in [2.45, 2.75) is 25.9 Å². The third-order valence-corrected chi connectivity index (χ3v) is 6.31. The fourth-order valence-electron chi connectivity index (χ4n) is 4.88. The molecule has 4 heteroatoms. The van der Waals surface area contributed by atoms with Crippen LogP contribution in [0.2, 0.25) is 0 Å². The molecule has 0 aliphatic carbocycles. The quantitative estimate of drug-likeness (QED) is 0.792. The van der Waals surface area contributed by atoms with Crippen LogP contribution in [0.4, 0.5) is 0 Å². The van der Waals surface area contributed by atoms with E-state index in [1.807, 2.05) is 13.2 Å². The van der Waals surface area contributed by atoms with Crippen LogP contribution in [-0.4, -0.2) is 49.7 Å². The van der Waals surface area contributed by atoms with Gasteiger partial charge in [0.1, 0.15) is 5.76 Å². The highest BCUT2D eigenvalue weighted by Gasteiger charge is 2.47. The number of ether oxygens (including phenoxy) is 1. The maximum Gasteiger partial charge on any atom is 0.117 e. The predicted molar refractivity (Wildman–Crippen MR) is 103 cm³/mol. The standard InChI is InChI=1S/C22H30N2O2/c1-25-17-20-15-24(16-21-8-5-13-26-21)18-22(20)9-11-23(12-10-22)14-19-6-3-2-4-7-19/h2-8,13,20H,9-12,14-18H2,1H3. The number of benzene rings is 1. The summed E-state index contributed by atoms with van der Waals surface area (Å²) in [6.07, 6.45) is 4.31. The molecule has 1 aromatic heterocycles. The van der Waals surface area contributed by atoms with Crippen molar-refractivity contribution in [2.75, 3.05) is 39.9 Å². The number of hydrogen-bond acceptors (Lipinski definition) is 4. The lowest BCUT2D eigenvalue weighted by atomic mass is 9.71. The van der Waals surface area contributed by atoms with Crippen molar-refractivity contribution < 1.29 is 9.15 Å². The smallest absolute Gasteiger partial charge is 0.117 e. The topological polar surface area (TPSA) is 28.9 Å². The Morgan fingerprint density at radius 3 is 2.54 bits per heavy atom. The van der Waals surface area contributed by atoms with Gasteiger partial charge in [0.2, 0.25) is 0 Å². The van der Waals surface area contributed by atoms with E-state index < -0.39 is 0 Å². The summed E-state index contributed by atoms with van der Waals surface area (Å²) >= 11 is 0. The third-order valence-electron chi connectivity index (χ3n) is 6.31. The van der Waals surface area contributed by atoms with Gasteiger partial charge < -0.3 is 9.15 Å². The van der Waals surface area contributed by atoms with E-state index in [4.69, 9.17) is 9.15 Å². The summed E-state index contributed by atoms with van der Waals surface area (Å²) in [4.78, 5) is 5.18. The Hall–Kier alpha value is -1.62. The molecule has 2 fully saturated rings. The highest BCUT2D eigenvalue weighted by Crippen LogP contribution is 2.45. The van der Waals surface area contributed by atoms with Crippen LogP contribution in [0.3, 0.4) is 0 Å². The summed E-state index contributed by atoms with van der Waals surface area (Å²) in [7, 11) is 1.84. The SMILES string of the molecule is COCC1CN(Cc2ccco2)CC12CCN(Cc1ccccc1)CC2. The molecule has 0 N–H and O–H groups in total. The van der Waals surface area contributed by atoms with Gasteiger partial charge in [-0.25, -0.2) is 0 Å². The molecule has 26 heavy (non-hydrogen) atoms. The van der Waals surface area contributed by atoms with E-state index in [0.717, 1.165) is 32.0 Å². The number of nitrogens with zero attached hydrogens (tertiary/aromatic N) is 2. The molecule has 0 amide bonds. The van der Waals surface area contributed by atoms with Crippen molar-refractivity contribution in [3.05, 3.63) is 60.1 Å². The van der Waals surface area contributed by atoms with Crippen LogP contribution < -0.4 is 0 Å². The summed E-state index contributed by atoms with van der Waals surface area (Å²) in [5, 5.41) is 0. The Bertz CT molecular complexity index is 663. The summed E-state index contributed by atoms with van der Waals surface area (Å²) < 4.78 is 11.2. The largest absolute Gasteiger partial charge is 0.468 e. The summed E-state index contributed by atoms with van der Waals surface area (Å²) in [5.41, 5.74) is 1.82. The molecule has 3 heterocycles. The van der Waals surface area contributed by atoms with E-state index in [2.05, 4.69) is 46.2 Å². The third kappa shape index (κ3) is 3.88. The number of furan rings is 1. The molecule has 2 aliphatic heterocycles. The van der Waals surface area contributed by atoms with Gasteiger partial charge in [-0.2, -0.15) is 0 Å². The Morgan fingerprint density at radius 2 is 1.85 bits per heavy atom. The first-order chi connectivity index (χ1) is 12.8. The van der Waals surface area contributed by atoms with Crippen LogP contribution in [-0.2, 0) is 17.8 Å². The van der Waals surface area contributed by atoms with Crippen molar-refractivity contribution >= 4 is 0 Å². The zero-order chi connectivity index (χ0) is 17.8. The first-order valence-corrected chi connectivity index (χ1v) is 9.77. The van der Waals surface area contributed by atoms with Crippen LogP contribution in [0, 0.1) is 11.3 Å². The number of likely N-dealkylation sites (tertiary alicyclic amines) is 2. The Morgan fingerprint density at radius 1 is 1.04 bits per heavy atom. The second kappa shape index (κ2) is 7.95. The molecule has 4 rings (SSSR count). The van der Waals surface area contributed by atoms with Crippen molar-refractivity contribution in [3.63, 3.8) is 0 Å². The van der Waals surface area contributed by atoms with Crippen LogP contribution >= 0.6 is 0 Å². The van der Waals surface area contributed by atoms with Crippen LogP contribution in [0.15, 0.2) is 53.1 Å². The van der Waals surface area contributed by atoms with Crippen LogP contribution in [0.5, 0.6) is 0 Å². The molecule has 2 saturated heterocycles. The molecular formula is C22H30N2O2. The van der Waals surface area contributed by atoms with E-state index in [9.17, 15) is 0 Å². The summed E-state index contributed by atoms with van der Waals surface area (Å²) in [5.74, 6) is 1.70. The fourth-order valence-corrected chi connectivity index (χ4v) is 4.88. The van der Waals surface area contributed by atoms with E-state index in [1.165, 1.54) is 38.0 Å². The lowest BCUT2D eigenvalue weighted by Gasteiger charge is -2.42. The predicted octanol–water partition coefficient (Wildman–Crippen LogP) is 3.64. The molecule has 0 bridgehead atoms. The molecule has 1 atom stereocenters. The molecule has 0 saturated carbocycles. The minimum Gasteiger partial charge on any atom is -0.468 e. The monoisotopic (exact) mass is 354 g/mol. The van der Waals surface area contributed by atoms with Gasteiger partial charge in [-0.05, 0) is 49.0 Å². The Balaban J connectivity index is 1.38. The molecule has 2 aromatic rings. The summed E-state index contributed by atoms with van der Waals surface area (Å²) in [6, 6.07) is 14.9. The van der Waals surface area contributed by atoms with Gasteiger partial charge in [-0.1, -0.05) is 30.3 Å². The number of hydrogen-bond donors (Lipinski definition) is 0. The second-order valence-electron chi connectivity index (χ2n) is 8.03. The Kier molecular flexibility index (Phi) is 5.44. The van der Waals surface area contributed by atoms with Crippen molar-refractivity contribution in [1.29, 1.82) is 0 Å². The van der Waals surface area contributed by atoms with Gasteiger partial charge in [-0.3, -0.25) is 9.80 Å². The highest BCUT2D eigenvalue weighted by molar-refractivity contribution is 5.14. The van der Waals surface area contributed by atoms with Crippen LogP contribution in [0.25, 0.3) is 0 Å². The molecule has 0 radical (unpaired) electrons. The van der Waals surface area contributed by atoms with Crippen molar-refractivity contribution in [2.24, 2.45) is 11.3 Å². The van der Waals surface area contributed by atoms with Gasteiger partial charge in [0.05, 0.1) is 19.4 Å². The summed E-state index contributed by atoms with van der Waals surface area (Å²) in [6.45, 7) is 7.51. The molecule has 140 valence electrons. The lowest BCUT2D eigenvalue weighted by Crippen LogP contribution is -2.44. The second-order valence-corrected chi connectivity index (χ2v) is 8.03. The van der Waals surface area contributed by atoms with Gasteiger partial charge in [0, 0.05) is 32.7 Å². The maximum atomic E-state index is 5.60. The zero-order valence-electron chi connectivity index (χ0n) is 15.8. The molecule has 1 spiro atoms. The minimum absolute atomic E-state index is 0.399. The first kappa shape index (κ1) is 17.8. The van der Waals surface area contributed by atoms with Crippen molar-refractivity contribution in [1.82, 2.24) is 9.80 Å². The highest BCUT2D eigenvalue weighted by atomic mass is 16.5. The normalized spacial score (nSPS) is 23.7. The van der Waals surface area contributed by atoms with Gasteiger partial charge >= 0.3 is 0 Å². The average molecular weight is 354 g/mol. The fraction of sp³-hybridized carbons (Fsp3) is 0.545. The van der Waals surface area contributed by atoms with E-state index in [0.29, 0.717) is 11.3 Å². The lowest BCUT2D eigenvalue weighted by molar-refractivity contribution is 0.0350. The molecule has 2 aliphatic rings. The van der Waals surface area contributed by atoms with Crippen LogP contribution in [0.1, 0.15) is 24.2 Å². The molecular weight excluding hydrogens is 324 g/mol. The molecule has 4 nitrogen and oxygen atoms in total. The number of piperidine rings is 1. The zero-order valence-corrected chi connectivity index (χ0v) is 15.8. The van der Waals surface area contributed by atoms with Gasteiger partial charge in [-0.15, -0.1) is 0 Å².